The molecule has 2 aromatic carbocycles. The molecule has 0 saturated heterocycles. The van der Waals surface area contributed by atoms with Gasteiger partial charge in [-0.05, 0) is 42.2 Å². The SMILES string of the molecule is COC(=O)Nc1ccc(CNC(=O)CNC(=O)C2c3ccccc3C(=O)N2C2CC2)cc1. The number of ether oxygens (including phenoxy) is 1. The zero-order chi connectivity index (χ0) is 22.7. The highest BCUT2D eigenvalue weighted by atomic mass is 16.5. The summed E-state index contributed by atoms with van der Waals surface area (Å²) in [5, 5.41) is 7.96. The average molecular weight is 436 g/mol. The number of amides is 4. The van der Waals surface area contributed by atoms with Crippen molar-refractivity contribution >= 4 is 29.5 Å². The molecule has 3 N–H and O–H groups in total. The van der Waals surface area contributed by atoms with E-state index in [1.54, 1.807) is 47.4 Å². The van der Waals surface area contributed by atoms with Crippen molar-refractivity contribution in [1.82, 2.24) is 15.5 Å². The van der Waals surface area contributed by atoms with Gasteiger partial charge in [-0.25, -0.2) is 4.79 Å². The highest BCUT2D eigenvalue weighted by Crippen LogP contribution is 2.41. The molecular formula is C23H24N4O5. The second-order valence-corrected chi connectivity index (χ2v) is 7.74. The summed E-state index contributed by atoms with van der Waals surface area (Å²) < 4.78 is 4.53. The molecule has 1 saturated carbocycles. The third-order valence-electron chi connectivity index (χ3n) is 5.49. The van der Waals surface area contributed by atoms with Crippen LogP contribution in [0.3, 0.4) is 0 Å². The van der Waals surface area contributed by atoms with Crippen molar-refractivity contribution in [2.75, 3.05) is 19.0 Å². The first-order valence-corrected chi connectivity index (χ1v) is 10.4. The minimum absolute atomic E-state index is 0.0797. The number of hydrogen-bond acceptors (Lipinski definition) is 5. The summed E-state index contributed by atoms with van der Waals surface area (Å²) in [5.74, 6) is -0.827. The topological polar surface area (TPSA) is 117 Å². The van der Waals surface area contributed by atoms with Crippen LogP contribution in [-0.2, 0) is 20.9 Å². The lowest BCUT2D eigenvalue weighted by Gasteiger charge is -2.24. The zero-order valence-electron chi connectivity index (χ0n) is 17.6. The van der Waals surface area contributed by atoms with E-state index < -0.39 is 12.1 Å². The maximum absolute atomic E-state index is 12.9. The molecule has 32 heavy (non-hydrogen) atoms. The summed E-state index contributed by atoms with van der Waals surface area (Å²) in [7, 11) is 1.28. The number of hydrogen-bond donors (Lipinski definition) is 3. The van der Waals surface area contributed by atoms with Crippen LogP contribution >= 0.6 is 0 Å². The van der Waals surface area contributed by atoms with Gasteiger partial charge in [0.15, 0.2) is 0 Å². The molecule has 2 aliphatic rings. The van der Waals surface area contributed by atoms with Gasteiger partial charge in [0, 0.05) is 23.8 Å². The first-order chi connectivity index (χ1) is 15.5. The van der Waals surface area contributed by atoms with Crippen molar-refractivity contribution in [2.45, 2.75) is 31.5 Å². The molecule has 9 nitrogen and oxygen atoms in total. The first-order valence-electron chi connectivity index (χ1n) is 10.4. The summed E-state index contributed by atoms with van der Waals surface area (Å²) in [5.41, 5.74) is 2.64. The maximum Gasteiger partial charge on any atom is 0.411 e. The minimum atomic E-state index is -0.700. The van der Waals surface area contributed by atoms with Crippen molar-refractivity contribution in [1.29, 1.82) is 0 Å². The van der Waals surface area contributed by atoms with Crippen LogP contribution in [0, 0.1) is 0 Å². The van der Waals surface area contributed by atoms with E-state index in [1.165, 1.54) is 7.11 Å². The predicted molar refractivity (Wildman–Crippen MR) is 116 cm³/mol. The van der Waals surface area contributed by atoms with Crippen molar-refractivity contribution < 1.29 is 23.9 Å². The number of carbonyl (C=O) groups is 4. The molecule has 0 aromatic heterocycles. The fraction of sp³-hybridized carbons (Fsp3) is 0.304. The molecule has 166 valence electrons. The Hall–Kier alpha value is -3.88. The fourth-order valence-electron chi connectivity index (χ4n) is 3.74. The van der Waals surface area contributed by atoms with Crippen LogP contribution in [-0.4, -0.2) is 48.4 Å². The first kappa shape index (κ1) is 21.4. The average Bonchev–Trinajstić information content (AvgIpc) is 3.60. The van der Waals surface area contributed by atoms with Gasteiger partial charge < -0.3 is 20.3 Å². The minimum Gasteiger partial charge on any atom is -0.453 e. The second kappa shape index (κ2) is 9.09. The number of rotatable bonds is 7. The zero-order valence-corrected chi connectivity index (χ0v) is 17.6. The molecule has 1 fully saturated rings. The Balaban J connectivity index is 1.30. The van der Waals surface area contributed by atoms with Crippen LogP contribution < -0.4 is 16.0 Å². The van der Waals surface area contributed by atoms with E-state index in [1.807, 2.05) is 6.07 Å². The van der Waals surface area contributed by atoms with E-state index in [4.69, 9.17) is 0 Å². The van der Waals surface area contributed by atoms with Gasteiger partial charge in [-0.1, -0.05) is 30.3 Å². The molecule has 2 aromatic rings. The van der Waals surface area contributed by atoms with E-state index >= 15 is 0 Å². The molecule has 1 aliphatic carbocycles. The van der Waals surface area contributed by atoms with Gasteiger partial charge in [0.25, 0.3) is 5.91 Å². The monoisotopic (exact) mass is 436 g/mol. The van der Waals surface area contributed by atoms with Crippen molar-refractivity contribution in [2.24, 2.45) is 0 Å². The van der Waals surface area contributed by atoms with Gasteiger partial charge in [0.05, 0.1) is 13.7 Å². The lowest BCUT2D eigenvalue weighted by Crippen LogP contribution is -2.43. The van der Waals surface area contributed by atoms with Crippen molar-refractivity contribution in [3.8, 4) is 0 Å². The number of carbonyl (C=O) groups excluding carboxylic acids is 4. The fourth-order valence-corrected chi connectivity index (χ4v) is 3.74. The number of nitrogens with one attached hydrogen (secondary N) is 3. The standard InChI is InChI=1S/C23H24N4O5/c1-32-23(31)26-15-8-6-14(7-9-15)12-24-19(28)13-25-21(29)20-17-4-2-3-5-18(17)22(30)27(20)16-10-11-16/h2-9,16,20H,10-13H2,1H3,(H,24,28)(H,25,29)(H,26,31). The number of methoxy groups -OCH3 is 1. The summed E-state index contributed by atoms with van der Waals surface area (Å²) in [6, 6.07) is 13.4. The summed E-state index contributed by atoms with van der Waals surface area (Å²) in [6.07, 6.45) is 1.21. The summed E-state index contributed by atoms with van der Waals surface area (Å²) in [4.78, 5) is 50.7. The van der Waals surface area contributed by atoms with Crippen LogP contribution in [0.4, 0.5) is 10.5 Å². The Labute approximate surface area is 185 Å². The van der Waals surface area contributed by atoms with Crippen molar-refractivity contribution in [3.63, 3.8) is 0 Å². The lowest BCUT2D eigenvalue weighted by molar-refractivity contribution is -0.129. The van der Waals surface area contributed by atoms with Crippen LogP contribution in [0.5, 0.6) is 0 Å². The molecule has 1 aliphatic heterocycles. The van der Waals surface area contributed by atoms with E-state index in [0.717, 1.165) is 18.4 Å². The highest BCUT2D eigenvalue weighted by Gasteiger charge is 2.47. The van der Waals surface area contributed by atoms with E-state index in [2.05, 4.69) is 20.7 Å². The summed E-state index contributed by atoms with van der Waals surface area (Å²) >= 11 is 0. The quantitative estimate of drug-likeness (QED) is 0.614. The molecule has 0 radical (unpaired) electrons. The number of nitrogens with zero attached hydrogens (tertiary/aromatic N) is 1. The smallest absolute Gasteiger partial charge is 0.411 e. The molecule has 0 bridgehead atoms. The van der Waals surface area contributed by atoms with E-state index in [0.29, 0.717) is 16.8 Å². The molecule has 4 rings (SSSR count). The molecule has 0 spiro atoms. The Kier molecular flexibility index (Phi) is 6.07. The highest BCUT2D eigenvalue weighted by molar-refractivity contribution is 6.05. The largest absolute Gasteiger partial charge is 0.453 e. The van der Waals surface area contributed by atoms with Crippen LogP contribution in [0.2, 0.25) is 0 Å². The Morgan fingerprint density at radius 1 is 1.03 bits per heavy atom. The number of benzene rings is 2. The van der Waals surface area contributed by atoms with Gasteiger partial charge in [-0.15, -0.1) is 0 Å². The van der Waals surface area contributed by atoms with Gasteiger partial charge >= 0.3 is 6.09 Å². The van der Waals surface area contributed by atoms with E-state index in [9.17, 15) is 19.2 Å². The van der Waals surface area contributed by atoms with Crippen LogP contribution in [0.1, 0.15) is 40.4 Å². The van der Waals surface area contributed by atoms with E-state index in [-0.39, 0.29) is 36.9 Å². The summed E-state index contributed by atoms with van der Waals surface area (Å²) in [6.45, 7) is 0.0817. The Morgan fingerprint density at radius 3 is 2.44 bits per heavy atom. The normalized spacial score (nSPS) is 16.8. The molecule has 9 heteroatoms. The lowest BCUT2D eigenvalue weighted by atomic mass is 10.0. The van der Waals surface area contributed by atoms with Crippen LogP contribution in [0.15, 0.2) is 48.5 Å². The van der Waals surface area contributed by atoms with Crippen LogP contribution in [0.25, 0.3) is 0 Å². The number of anilines is 1. The van der Waals surface area contributed by atoms with Gasteiger partial charge in [-0.3, -0.25) is 19.7 Å². The third kappa shape index (κ3) is 4.56. The third-order valence-corrected chi connectivity index (χ3v) is 5.49. The maximum atomic E-state index is 12.9. The number of fused-ring (bicyclic) bond motifs is 1. The Morgan fingerprint density at radius 2 is 1.75 bits per heavy atom. The molecular weight excluding hydrogens is 412 g/mol. The second-order valence-electron chi connectivity index (χ2n) is 7.74. The molecule has 1 atom stereocenters. The van der Waals surface area contributed by atoms with Crippen molar-refractivity contribution in [3.05, 3.63) is 65.2 Å². The molecule has 1 unspecified atom stereocenters. The van der Waals surface area contributed by atoms with Gasteiger partial charge in [-0.2, -0.15) is 0 Å². The Bertz CT molecular complexity index is 1050. The molecule has 1 heterocycles. The molecule has 4 amide bonds. The van der Waals surface area contributed by atoms with Gasteiger partial charge in [0.2, 0.25) is 11.8 Å². The predicted octanol–water partition coefficient (Wildman–Crippen LogP) is 1.96. The van der Waals surface area contributed by atoms with Gasteiger partial charge in [0.1, 0.15) is 6.04 Å².